The normalized spacial score (nSPS) is 24.2. The molecule has 26 heavy (non-hydrogen) atoms. The van der Waals surface area contributed by atoms with Gasteiger partial charge in [-0.1, -0.05) is 12.2 Å². The summed E-state index contributed by atoms with van der Waals surface area (Å²) in [6.45, 7) is 1.21. The molecule has 0 unspecified atom stereocenters. The number of benzene rings is 1. The Morgan fingerprint density at radius 3 is 2.54 bits per heavy atom. The predicted molar refractivity (Wildman–Crippen MR) is 82.8 cm³/mol. The van der Waals surface area contributed by atoms with Crippen LogP contribution in [-0.2, 0) is 9.59 Å². The SMILES string of the molecule is Cc1c([N+](=O)[O-])ccc2c1N(C(=O)C(F)(F)F)[C@@H](C(=O)O)[C@H]1CC=C[C@@H]21. The molecule has 1 N–H and O–H groups in total. The number of carbonyl (C=O) groups excluding carboxylic acids is 1. The fourth-order valence-corrected chi connectivity index (χ4v) is 3.82. The van der Waals surface area contributed by atoms with Crippen molar-refractivity contribution in [3.05, 3.63) is 45.5 Å². The van der Waals surface area contributed by atoms with Crippen LogP contribution in [0.4, 0.5) is 24.5 Å². The number of carboxylic acid groups (broad SMARTS) is 1. The van der Waals surface area contributed by atoms with E-state index < -0.39 is 46.5 Å². The van der Waals surface area contributed by atoms with E-state index in [9.17, 15) is 38.0 Å². The summed E-state index contributed by atoms with van der Waals surface area (Å²) in [6.07, 6.45) is -1.81. The molecule has 1 aromatic rings. The first-order valence-electron chi connectivity index (χ1n) is 7.63. The van der Waals surface area contributed by atoms with Crippen molar-refractivity contribution in [3.8, 4) is 0 Å². The lowest BCUT2D eigenvalue weighted by molar-refractivity contribution is -0.385. The molecule has 1 aromatic carbocycles. The number of carboxylic acids is 1. The Kier molecular flexibility index (Phi) is 4.01. The average Bonchev–Trinajstić information content (AvgIpc) is 3.00. The van der Waals surface area contributed by atoms with Crippen LogP contribution in [0.1, 0.15) is 23.5 Å². The highest BCUT2D eigenvalue weighted by Crippen LogP contribution is 2.51. The number of anilines is 1. The lowest BCUT2D eigenvalue weighted by atomic mass is 9.77. The van der Waals surface area contributed by atoms with Crippen molar-refractivity contribution in [2.45, 2.75) is 31.5 Å². The molecule has 0 fully saturated rings. The standard InChI is InChI=1S/C16H13F3N2O5/c1-7-11(21(25)26)6-5-10-8-3-2-4-9(8)13(14(22)23)20(12(7)10)15(24)16(17,18)19/h2-3,5-6,8-9,13H,4H2,1H3,(H,22,23)/t8-,9+,13-/m1/s1. The van der Waals surface area contributed by atoms with Gasteiger partial charge in [-0.15, -0.1) is 0 Å². The van der Waals surface area contributed by atoms with Crippen LogP contribution in [0.5, 0.6) is 0 Å². The Morgan fingerprint density at radius 2 is 2.00 bits per heavy atom. The van der Waals surface area contributed by atoms with E-state index >= 15 is 0 Å². The first-order valence-corrected chi connectivity index (χ1v) is 7.63. The van der Waals surface area contributed by atoms with E-state index in [4.69, 9.17) is 0 Å². The Bertz CT molecular complexity index is 849. The second-order valence-corrected chi connectivity index (χ2v) is 6.21. The molecule has 7 nitrogen and oxygen atoms in total. The average molecular weight is 370 g/mol. The molecule has 138 valence electrons. The van der Waals surface area contributed by atoms with Gasteiger partial charge < -0.3 is 5.11 Å². The highest BCUT2D eigenvalue weighted by Gasteiger charge is 2.54. The maximum atomic E-state index is 13.2. The number of hydrogen-bond donors (Lipinski definition) is 1. The van der Waals surface area contributed by atoms with E-state index in [1.807, 2.05) is 0 Å². The lowest BCUT2D eigenvalue weighted by Gasteiger charge is -2.42. The second-order valence-electron chi connectivity index (χ2n) is 6.21. The second kappa shape index (κ2) is 5.82. The quantitative estimate of drug-likeness (QED) is 0.490. The number of nitro benzene ring substituents is 1. The third kappa shape index (κ3) is 2.52. The van der Waals surface area contributed by atoms with Gasteiger partial charge in [0.1, 0.15) is 6.04 Å². The molecule has 1 aliphatic carbocycles. The predicted octanol–water partition coefficient (Wildman–Crippen LogP) is 2.93. The summed E-state index contributed by atoms with van der Waals surface area (Å²) in [4.78, 5) is 34.4. The molecule has 0 spiro atoms. The molecule has 3 rings (SSSR count). The molecule has 1 amide bonds. The molecule has 2 aliphatic rings. The van der Waals surface area contributed by atoms with Crippen molar-refractivity contribution < 1.29 is 32.8 Å². The van der Waals surface area contributed by atoms with Crippen molar-refractivity contribution in [3.63, 3.8) is 0 Å². The number of allylic oxidation sites excluding steroid dienone is 2. The van der Waals surface area contributed by atoms with Crippen LogP contribution in [0.3, 0.4) is 0 Å². The molecule has 1 heterocycles. The van der Waals surface area contributed by atoms with Crippen molar-refractivity contribution in [1.82, 2.24) is 0 Å². The molecule has 0 saturated carbocycles. The summed E-state index contributed by atoms with van der Waals surface area (Å²) >= 11 is 0. The van der Waals surface area contributed by atoms with E-state index in [2.05, 4.69) is 0 Å². The van der Waals surface area contributed by atoms with Crippen molar-refractivity contribution in [1.29, 1.82) is 0 Å². The monoisotopic (exact) mass is 370 g/mol. The summed E-state index contributed by atoms with van der Waals surface area (Å²) in [5, 5.41) is 20.7. The van der Waals surface area contributed by atoms with E-state index in [0.717, 1.165) is 6.07 Å². The van der Waals surface area contributed by atoms with Crippen LogP contribution >= 0.6 is 0 Å². The number of halogens is 3. The van der Waals surface area contributed by atoms with Gasteiger partial charge >= 0.3 is 18.1 Å². The number of aliphatic carboxylic acids is 1. The summed E-state index contributed by atoms with van der Waals surface area (Å²) in [5.41, 5.74) is -0.716. The number of carbonyl (C=O) groups is 2. The molecule has 0 bridgehead atoms. The van der Waals surface area contributed by atoms with Gasteiger partial charge in [0.15, 0.2) is 0 Å². The number of nitrogens with zero attached hydrogens (tertiary/aromatic N) is 2. The maximum absolute atomic E-state index is 13.2. The van der Waals surface area contributed by atoms with Crippen molar-refractivity contribution in [2.24, 2.45) is 5.92 Å². The first-order chi connectivity index (χ1) is 12.1. The Labute approximate surface area is 144 Å². The number of fused-ring (bicyclic) bond motifs is 3. The molecule has 0 aromatic heterocycles. The molecule has 0 saturated heterocycles. The van der Waals surface area contributed by atoms with Crippen LogP contribution in [0.15, 0.2) is 24.3 Å². The molecule has 10 heteroatoms. The van der Waals surface area contributed by atoms with Crippen LogP contribution in [0.25, 0.3) is 0 Å². The number of alkyl halides is 3. The molecule has 1 aliphatic heterocycles. The molecular weight excluding hydrogens is 357 g/mol. The summed E-state index contributed by atoms with van der Waals surface area (Å²) < 4.78 is 39.5. The van der Waals surface area contributed by atoms with Crippen molar-refractivity contribution in [2.75, 3.05) is 4.90 Å². The van der Waals surface area contributed by atoms with E-state index in [-0.39, 0.29) is 28.1 Å². The number of amides is 1. The number of hydrogen-bond acceptors (Lipinski definition) is 4. The van der Waals surface area contributed by atoms with E-state index in [1.54, 1.807) is 12.2 Å². The van der Waals surface area contributed by atoms with Gasteiger partial charge in [0.25, 0.3) is 5.69 Å². The third-order valence-electron chi connectivity index (χ3n) is 4.84. The number of rotatable bonds is 2. The van der Waals surface area contributed by atoms with Gasteiger partial charge in [-0.05, 0) is 25.0 Å². The van der Waals surface area contributed by atoms with Crippen LogP contribution in [0, 0.1) is 23.0 Å². The zero-order chi connectivity index (χ0) is 19.4. The maximum Gasteiger partial charge on any atom is 0.471 e. The third-order valence-corrected chi connectivity index (χ3v) is 4.84. The smallest absolute Gasteiger partial charge is 0.471 e. The van der Waals surface area contributed by atoms with Gasteiger partial charge in [-0.3, -0.25) is 19.8 Å². The lowest BCUT2D eigenvalue weighted by Crippen LogP contribution is -2.57. The Balaban J connectivity index is 2.32. The first kappa shape index (κ1) is 17.9. The zero-order valence-corrected chi connectivity index (χ0v) is 13.4. The fourth-order valence-electron chi connectivity index (χ4n) is 3.82. The summed E-state index contributed by atoms with van der Waals surface area (Å²) in [6, 6.07) is 0.689. The minimum atomic E-state index is -5.32. The van der Waals surface area contributed by atoms with Crippen molar-refractivity contribution >= 4 is 23.3 Å². The van der Waals surface area contributed by atoms with Crippen LogP contribution < -0.4 is 4.90 Å². The van der Waals surface area contributed by atoms with E-state index in [0.29, 0.717) is 0 Å². The number of nitro groups is 1. The van der Waals surface area contributed by atoms with Gasteiger partial charge in [-0.2, -0.15) is 13.2 Å². The van der Waals surface area contributed by atoms with Gasteiger partial charge in [0.2, 0.25) is 0 Å². The van der Waals surface area contributed by atoms with Gasteiger partial charge in [0.05, 0.1) is 16.2 Å². The topological polar surface area (TPSA) is 101 Å². The Hall–Kier alpha value is -2.91. The highest BCUT2D eigenvalue weighted by atomic mass is 19.4. The minimum Gasteiger partial charge on any atom is -0.480 e. The summed E-state index contributed by atoms with van der Waals surface area (Å²) in [5.74, 6) is -5.23. The molecular formula is C16H13F3N2O5. The molecule has 0 radical (unpaired) electrons. The largest absolute Gasteiger partial charge is 0.480 e. The summed E-state index contributed by atoms with van der Waals surface area (Å²) in [7, 11) is 0. The zero-order valence-electron chi connectivity index (χ0n) is 13.4. The van der Waals surface area contributed by atoms with Crippen LogP contribution in [-0.4, -0.2) is 34.1 Å². The molecule has 3 atom stereocenters. The fraction of sp³-hybridized carbons (Fsp3) is 0.375. The van der Waals surface area contributed by atoms with Gasteiger partial charge in [0, 0.05) is 17.9 Å². The van der Waals surface area contributed by atoms with E-state index in [1.165, 1.54) is 13.0 Å². The highest BCUT2D eigenvalue weighted by molar-refractivity contribution is 6.05. The van der Waals surface area contributed by atoms with Gasteiger partial charge in [-0.25, -0.2) is 4.79 Å². The van der Waals surface area contributed by atoms with Crippen LogP contribution in [0.2, 0.25) is 0 Å². The minimum absolute atomic E-state index is 0.171. The Morgan fingerprint density at radius 1 is 1.35 bits per heavy atom.